The maximum atomic E-state index is 5.87. The van der Waals surface area contributed by atoms with Crippen LogP contribution in [0.3, 0.4) is 0 Å². The minimum atomic E-state index is 0.199. The minimum absolute atomic E-state index is 0.199. The predicted molar refractivity (Wildman–Crippen MR) is 68.4 cm³/mol. The van der Waals surface area contributed by atoms with E-state index in [2.05, 4.69) is 45.1 Å². The van der Waals surface area contributed by atoms with E-state index >= 15 is 0 Å². The molecule has 1 heterocycles. The zero-order valence-corrected chi connectivity index (χ0v) is 11.0. The largest absolute Gasteiger partial charge is 0.330 e. The van der Waals surface area contributed by atoms with Crippen molar-refractivity contribution >= 4 is 0 Å². The molecule has 1 aromatic rings. The lowest BCUT2D eigenvalue weighted by Gasteiger charge is -2.26. The zero-order valence-electron chi connectivity index (χ0n) is 11.0. The Morgan fingerprint density at radius 3 is 2.62 bits per heavy atom. The van der Waals surface area contributed by atoms with Crippen molar-refractivity contribution in [2.75, 3.05) is 6.54 Å². The van der Waals surface area contributed by atoms with Gasteiger partial charge in [-0.3, -0.25) is 4.68 Å². The van der Waals surface area contributed by atoms with E-state index in [9.17, 15) is 0 Å². The van der Waals surface area contributed by atoms with Gasteiger partial charge in [-0.2, -0.15) is 5.10 Å². The lowest BCUT2D eigenvalue weighted by molar-refractivity contribution is 0.298. The van der Waals surface area contributed by atoms with Gasteiger partial charge < -0.3 is 5.73 Å². The molecule has 0 amide bonds. The van der Waals surface area contributed by atoms with Crippen molar-refractivity contribution in [3.05, 3.63) is 18.0 Å². The van der Waals surface area contributed by atoms with Crippen LogP contribution in [0.1, 0.15) is 52.3 Å². The fourth-order valence-electron chi connectivity index (χ4n) is 2.06. The molecule has 0 radical (unpaired) electrons. The molecule has 0 aliphatic rings. The topological polar surface area (TPSA) is 43.8 Å². The molecule has 0 saturated heterocycles. The fourth-order valence-corrected chi connectivity index (χ4v) is 2.06. The van der Waals surface area contributed by atoms with Gasteiger partial charge in [0.2, 0.25) is 0 Å². The van der Waals surface area contributed by atoms with Gasteiger partial charge in [0.25, 0.3) is 0 Å². The number of rotatable bonds is 6. The molecule has 0 aliphatic carbocycles. The van der Waals surface area contributed by atoms with E-state index in [1.54, 1.807) is 0 Å². The van der Waals surface area contributed by atoms with E-state index < -0.39 is 0 Å². The number of hydrogen-bond acceptors (Lipinski definition) is 2. The van der Waals surface area contributed by atoms with Crippen molar-refractivity contribution in [2.45, 2.75) is 53.0 Å². The van der Waals surface area contributed by atoms with E-state index in [0.29, 0.717) is 6.04 Å². The second-order valence-corrected chi connectivity index (χ2v) is 5.32. The van der Waals surface area contributed by atoms with Crippen LogP contribution in [0.15, 0.2) is 12.3 Å². The Hall–Kier alpha value is -0.830. The molecule has 0 spiro atoms. The summed E-state index contributed by atoms with van der Waals surface area (Å²) in [5.74, 6) is 0. The first-order valence-electron chi connectivity index (χ1n) is 6.25. The summed E-state index contributed by atoms with van der Waals surface area (Å²) in [7, 11) is 0. The highest BCUT2D eigenvalue weighted by Crippen LogP contribution is 2.26. The van der Waals surface area contributed by atoms with Gasteiger partial charge in [-0.25, -0.2) is 0 Å². The Balaban J connectivity index is 2.70. The van der Waals surface area contributed by atoms with Crippen molar-refractivity contribution < 1.29 is 0 Å². The summed E-state index contributed by atoms with van der Waals surface area (Å²) in [6.45, 7) is 9.48. The summed E-state index contributed by atoms with van der Waals surface area (Å²) in [6, 6.07) is 2.55. The smallest absolute Gasteiger partial charge is 0.0630 e. The van der Waals surface area contributed by atoms with E-state index in [-0.39, 0.29) is 5.41 Å². The molecular formula is C13H25N3. The van der Waals surface area contributed by atoms with Gasteiger partial charge in [0.05, 0.1) is 5.69 Å². The highest BCUT2D eigenvalue weighted by Gasteiger charge is 2.23. The quantitative estimate of drug-likeness (QED) is 0.806. The van der Waals surface area contributed by atoms with Crippen LogP contribution in [-0.2, 0) is 6.42 Å². The van der Waals surface area contributed by atoms with Crippen LogP contribution in [0.4, 0.5) is 0 Å². The first-order valence-corrected chi connectivity index (χ1v) is 6.25. The normalized spacial score (nSPS) is 15.4. The van der Waals surface area contributed by atoms with Crippen LogP contribution in [0.2, 0.25) is 0 Å². The first kappa shape index (κ1) is 13.2. The average Bonchev–Trinajstić information content (AvgIpc) is 2.66. The monoisotopic (exact) mass is 223 g/mol. The maximum absolute atomic E-state index is 5.87. The summed E-state index contributed by atoms with van der Waals surface area (Å²) in [5, 5.41) is 4.59. The fraction of sp³-hybridized carbons (Fsp3) is 0.769. The second-order valence-electron chi connectivity index (χ2n) is 5.32. The van der Waals surface area contributed by atoms with Crippen molar-refractivity contribution in [1.29, 1.82) is 0 Å². The molecular weight excluding hydrogens is 198 g/mol. The van der Waals surface area contributed by atoms with Crippen molar-refractivity contribution in [1.82, 2.24) is 9.78 Å². The van der Waals surface area contributed by atoms with Crippen LogP contribution >= 0.6 is 0 Å². The van der Waals surface area contributed by atoms with Gasteiger partial charge in [-0.1, -0.05) is 20.3 Å². The molecule has 1 aromatic heterocycles. The van der Waals surface area contributed by atoms with Gasteiger partial charge in [0.15, 0.2) is 0 Å². The first-order chi connectivity index (χ1) is 7.50. The zero-order chi connectivity index (χ0) is 12.2. The van der Waals surface area contributed by atoms with Gasteiger partial charge in [0, 0.05) is 12.2 Å². The van der Waals surface area contributed by atoms with Gasteiger partial charge in [-0.05, 0) is 44.7 Å². The van der Waals surface area contributed by atoms with Gasteiger partial charge >= 0.3 is 0 Å². The van der Waals surface area contributed by atoms with Gasteiger partial charge in [0.1, 0.15) is 0 Å². The van der Waals surface area contributed by atoms with Crippen LogP contribution < -0.4 is 5.73 Å². The molecule has 1 rings (SSSR count). The van der Waals surface area contributed by atoms with Gasteiger partial charge in [-0.15, -0.1) is 0 Å². The van der Waals surface area contributed by atoms with E-state index in [4.69, 9.17) is 5.73 Å². The maximum Gasteiger partial charge on any atom is 0.0630 e. The summed E-state index contributed by atoms with van der Waals surface area (Å²) < 4.78 is 2.01. The molecule has 1 unspecified atom stereocenters. The standard InChI is InChI=1S/C13H25N3/c1-5-7-13(4,10-14)9-12-6-8-16(15-12)11(2)3/h6,8,11H,5,7,9-10,14H2,1-4H3. The highest BCUT2D eigenvalue weighted by molar-refractivity contribution is 5.03. The van der Waals surface area contributed by atoms with Crippen LogP contribution in [-0.4, -0.2) is 16.3 Å². The lowest BCUT2D eigenvalue weighted by atomic mass is 9.81. The van der Waals surface area contributed by atoms with Crippen molar-refractivity contribution in [3.63, 3.8) is 0 Å². The Bertz CT molecular complexity index is 317. The van der Waals surface area contributed by atoms with Crippen molar-refractivity contribution in [2.24, 2.45) is 11.1 Å². The summed E-state index contributed by atoms with van der Waals surface area (Å²) in [6.07, 6.45) is 5.39. The van der Waals surface area contributed by atoms with E-state index in [1.165, 1.54) is 6.42 Å². The molecule has 0 aromatic carbocycles. The molecule has 0 saturated carbocycles. The Morgan fingerprint density at radius 1 is 1.50 bits per heavy atom. The summed E-state index contributed by atoms with van der Waals surface area (Å²) >= 11 is 0. The molecule has 1 atom stereocenters. The Labute approximate surface area is 99.0 Å². The highest BCUT2D eigenvalue weighted by atomic mass is 15.3. The number of nitrogens with two attached hydrogens (primary N) is 1. The van der Waals surface area contributed by atoms with E-state index in [1.807, 2.05) is 4.68 Å². The Morgan fingerprint density at radius 2 is 2.19 bits per heavy atom. The molecule has 2 N–H and O–H groups in total. The Kier molecular flexibility index (Phi) is 4.54. The molecule has 3 heteroatoms. The molecule has 3 nitrogen and oxygen atoms in total. The number of nitrogens with zero attached hydrogens (tertiary/aromatic N) is 2. The average molecular weight is 223 g/mol. The van der Waals surface area contributed by atoms with E-state index in [0.717, 1.165) is 25.1 Å². The molecule has 0 aliphatic heterocycles. The third-order valence-electron chi connectivity index (χ3n) is 3.15. The number of aromatic nitrogens is 2. The SMILES string of the molecule is CCCC(C)(CN)Cc1ccn(C(C)C)n1. The molecule has 16 heavy (non-hydrogen) atoms. The predicted octanol–water partition coefficient (Wildman–Crippen LogP) is 2.77. The molecule has 92 valence electrons. The summed E-state index contributed by atoms with van der Waals surface area (Å²) in [4.78, 5) is 0. The van der Waals surface area contributed by atoms with Crippen LogP contribution in [0, 0.1) is 5.41 Å². The third kappa shape index (κ3) is 3.34. The third-order valence-corrected chi connectivity index (χ3v) is 3.15. The number of hydrogen-bond donors (Lipinski definition) is 1. The lowest BCUT2D eigenvalue weighted by Crippen LogP contribution is -2.29. The minimum Gasteiger partial charge on any atom is -0.330 e. The summed E-state index contributed by atoms with van der Waals surface area (Å²) in [5.41, 5.74) is 7.23. The second kappa shape index (κ2) is 5.48. The molecule has 0 fully saturated rings. The molecule has 0 bridgehead atoms. The van der Waals surface area contributed by atoms with Crippen molar-refractivity contribution in [3.8, 4) is 0 Å². The van der Waals surface area contributed by atoms with Crippen LogP contribution in [0.5, 0.6) is 0 Å². The van der Waals surface area contributed by atoms with Crippen LogP contribution in [0.25, 0.3) is 0 Å².